The Kier molecular flexibility index (Phi) is 4.63. The Labute approximate surface area is 119 Å². The summed E-state index contributed by atoms with van der Waals surface area (Å²) in [6.07, 6.45) is 3.94. The molecule has 19 heavy (non-hydrogen) atoms. The lowest BCUT2D eigenvalue weighted by atomic mass is 9.85. The molecule has 3 unspecified atom stereocenters. The Hall–Kier alpha value is -0.870. The first-order valence-corrected chi connectivity index (χ1v) is 7.92. The molecule has 1 aliphatic carbocycles. The summed E-state index contributed by atoms with van der Waals surface area (Å²) in [7, 11) is 0. The second-order valence-corrected chi connectivity index (χ2v) is 7.18. The van der Waals surface area contributed by atoms with E-state index in [1.807, 2.05) is 0 Å². The molecule has 1 aromatic heterocycles. The van der Waals surface area contributed by atoms with E-state index in [0.29, 0.717) is 0 Å². The maximum Gasteiger partial charge on any atom is 0.223 e. The number of carbonyl (C=O) groups is 1. The molecule has 106 valence electrons. The number of carbonyl (C=O) groups excluding carboxylic acids is 1. The van der Waals surface area contributed by atoms with Crippen LogP contribution in [0, 0.1) is 19.8 Å². The molecule has 1 saturated carbocycles. The van der Waals surface area contributed by atoms with Gasteiger partial charge in [0.15, 0.2) is 0 Å². The molecule has 1 fully saturated rings. The van der Waals surface area contributed by atoms with Crippen molar-refractivity contribution in [3.05, 3.63) is 21.4 Å². The average molecular weight is 280 g/mol. The molecule has 0 spiro atoms. The summed E-state index contributed by atoms with van der Waals surface area (Å²) in [6, 6.07) is 2.47. The molecule has 4 heteroatoms. The second-order valence-electron chi connectivity index (χ2n) is 5.72. The minimum absolute atomic E-state index is 0.0931. The largest absolute Gasteiger partial charge is 0.349 e. The van der Waals surface area contributed by atoms with Crippen LogP contribution in [0.5, 0.6) is 0 Å². The molecule has 3 nitrogen and oxygen atoms in total. The molecule has 0 radical (unpaired) electrons. The molecule has 3 atom stereocenters. The van der Waals surface area contributed by atoms with Gasteiger partial charge >= 0.3 is 0 Å². The minimum atomic E-state index is 0.0931. The third-order valence-electron chi connectivity index (χ3n) is 3.99. The number of rotatable bonds is 3. The summed E-state index contributed by atoms with van der Waals surface area (Å²) >= 11 is 1.79. The second kappa shape index (κ2) is 6.06. The lowest BCUT2D eigenvalue weighted by molar-refractivity contribution is -0.126. The first-order chi connectivity index (χ1) is 8.97. The van der Waals surface area contributed by atoms with Crippen LogP contribution in [0.3, 0.4) is 0 Å². The monoisotopic (exact) mass is 280 g/mol. The summed E-state index contributed by atoms with van der Waals surface area (Å²) in [5.41, 5.74) is 7.20. The average Bonchev–Trinajstić information content (AvgIpc) is 2.68. The van der Waals surface area contributed by atoms with Crippen LogP contribution >= 0.6 is 11.3 Å². The topological polar surface area (TPSA) is 55.1 Å². The van der Waals surface area contributed by atoms with E-state index in [2.05, 4.69) is 32.2 Å². The number of amides is 1. The lowest BCUT2D eigenvalue weighted by Gasteiger charge is -2.27. The standard InChI is InChI=1S/C15H24N2OS/c1-9-7-14(11(3)19-9)10(2)17-15(18)12-5-4-6-13(16)8-12/h7,10,12-13H,4-6,8,16H2,1-3H3,(H,17,18). The van der Waals surface area contributed by atoms with Crippen LogP contribution in [0.4, 0.5) is 0 Å². The fourth-order valence-corrected chi connectivity index (χ4v) is 3.98. The lowest BCUT2D eigenvalue weighted by Crippen LogP contribution is -2.38. The van der Waals surface area contributed by atoms with Crippen LogP contribution in [0.25, 0.3) is 0 Å². The van der Waals surface area contributed by atoms with Gasteiger partial charge in [0.1, 0.15) is 0 Å². The van der Waals surface area contributed by atoms with Crippen LogP contribution in [-0.2, 0) is 4.79 Å². The van der Waals surface area contributed by atoms with Crippen LogP contribution < -0.4 is 11.1 Å². The predicted molar refractivity (Wildman–Crippen MR) is 80.3 cm³/mol. The van der Waals surface area contributed by atoms with E-state index in [1.54, 1.807) is 11.3 Å². The van der Waals surface area contributed by atoms with Crippen LogP contribution in [-0.4, -0.2) is 11.9 Å². The van der Waals surface area contributed by atoms with E-state index in [-0.39, 0.29) is 23.9 Å². The van der Waals surface area contributed by atoms with Crippen LogP contribution in [0.2, 0.25) is 0 Å². The summed E-state index contributed by atoms with van der Waals surface area (Å²) < 4.78 is 0. The normalized spacial score (nSPS) is 25.1. The zero-order chi connectivity index (χ0) is 14.0. The zero-order valence-corrected chi connectivity index (χ0v) is 12.8. The Balaban J connectivity index is 1.96. The molecule has 1 aliphatic rings. The van der Waals surface area contributed by atoms with Crippen molar-refractivity contribution in [2.24, 2.45) is 11.7 Å². The molecule has 0 aromatic carbocycles. The molecule has 0 saturated heterocycles. The molecule has 0 bridgehead atoms. The van der Waals surface area contributed by atoms with Gasteiger partial charge in [0.2, 0.25) is 5.91 Å². The molecule has 0 aliphatic heterocycles. The third kappa shape index (κ3) is 3.57. The maximum absolute atomic E-state index is 12.3. The van der Waals surface area contributed by atoms with Gasteiger partial charge in [-0.1, -0.05) is 6.42 Å². The summed E-state index contributed by atoms with van der Waals surface area (Å²) in [5.74, 6) is 0.275. The third-order valence-corrected chi connectivity index (χ3v) is 4.97. The van der Waals surface area contributed by atoms with Gasteiger partial charge in [-0.3, -0.25) is 4.79 Å². The quantitative estimate of drug-likeness (QED) is 0.894. The summed E-state index contributed by atoms with van der Waals surface area (Å²) in [5, 5.41) is 3.15. The Bertz CT molecular complexity index is 455. The Morgan fingerprint density at radius 3 is 2.79 bits per heavy atom. The summed E-state index contributed by atoms with van der Waals surface area (Å²) in [4.78, 5) is 14.9. The van der Waals surface area contributed by atoms with E-state index < -0.39 is 0 Å². The Morgan fingerprint density at radius 1 is 1.47 bits per heavy atom. The number of aryl methyl sites for hydroxylation is 2. The minimum Gasteiger partial charge on any atom is -0.349 e. The molecule has 1 heterocycles. The van der Waals surface area contributed by atoms with Crippen molar-refractivity contribution in [3.8, 4) is 0 Å². The van der Waals surface area contributed by atoms with Crippen molar-refractivity contribution in [1.29, 1.82) is 0 Å². The highest BCUT2D eigenvalue weighted by molar-refractivity contribution is 7.12. The van der Waals surface area contributed by atoms with Gasteiger partial charge in [-0.15, -0.1) is 11.3 Å². The van der Waals surface area contributed by atoms with E-state index in [9.17, 15) is 4.79 Å². The molecule has 1 aromatic rings. The molecule has 1 amide bonds. The van der Waals surface area contributed by atoms with Crippen molar-refractivity contribution >= 4 is 17.2 Å². The number of nitrogens with one attached hydrogen (secondary N) is 1. The van der Waals surface area contributed by atoms with Crippen LogP contribution in [0.15, 0.2) is 6.07 Å². The van der Waals surface area contributed by atoms with Crippen molar-refractivity contribution in [2.45, 2.75) is 58.5 Å². The fraction of sp³-hybridized carbons (Fsp3) is 0.667. The number of thiophene rings is 1. The fourth-order valence-electron chi connectivity index (χ4n) is 2.96. The van der Waals surface area contributed by atoms with Gasteiger partial charge in [-0.25, -0.2) is 0 Å². The van der Waals surface area contributed by atoms with Gasteiger partial charge in [-0.2, -0.15) is 0 Å². The van der Waals surface area contributed by atoms with Crippen molar-refractivity contribution in [2.75, 3.05) is 0 Å². The van der Waals surface area contributed by atoms with Gasteiger partial charge in [0.05, 0.1) is 6.04 Å². The van der Waals surface area contributed by atoms with Gasteiger partial charge in [0, 0.05) is 21.7 Å². The highest BCUT2D eigenvalue weighted by atomic mass is 32.1. The molecular formula is C15H24N2OS. The van der Waals surface area contributed by atoms with Crippen molar-refractivity contribution in [1.82, 2.24) is 5.32 Å². The van der Waals surface area contributed by atoms with Crippen molar-refractivity contribution < 1.29 is 4.79 Å². The highest BCUT2D eigenvalue weighted by Crippen LogP contribution is 2.28. The molecular weight excluding hydrogens is 256 g/mol. The van der Waals surface area contributed by atoms with Gasteiger partial charge in [0.25, 0.3) is 0 Å². The zero-order valence-electron chi connectivity index (χ0n) is 12.0. The highest BCUT2D eigenvalue weighted by Gasteiger charge is 2.26. The first kappa shape index (κ1) is 14.5. The number of hydrogen-bond acceptors (Lipinski definition) is 3. The Morgan fingerprint density at radius 2 is 2.21 bits per heavy atom. The van der Waals surface area contributed by atoms with Gasteiger partial charge < -0.3 is 11.1 Å². The van der Waals surface area contributed by atoms with Crippen molar-refractivity contribution in [3.63, 3.8) is 0 Å². The van der Waals surface area contributed by atoms with E-state index in [0.717, 1.165) is 25.7 Å². The predicted octanol–water partition coefficient (Wildman–Crippen LogP) is 3.06. The summed E-state index contributed by atoms with van der Waals surface area (Å²) in [6.45, 7) is 6.29. The maximum atomic E-state index is 12.3. The van der Waals surface area contributed by atoms with Gasteiger partial charge in [-0.05, 0) is 51.7 Å². The smallest absolute Gasteiger partial charge is 0.223 e. The first-order valence-electron chi connectivity index (χ1n) is 7.10. The van der Waals surface area contributed by atoms with Crippen LogP contribution in [0.1, 0.15) is 54.0 Å². The van der Waals surface area contributed by atoms with E-state index in [4.69, 9.17) is 5.73 Å². The number of nitrogens with two attached hydrogens (primary N) is 1. The molecule has 2 rings (SSSR count). The number of hydrogen-bond donors (Lipinski definition) is 2. The van der Waals surface area contributed by atoms with E-state index in [1.165, 1.54) is 15.3 Å². The van der Waals surface area contributed by atoms with E-state index >= 15 is 0 Å². The molecule has 3 N–H and O–H groups in total. The SMILES string of the molecule is Cc1cc(C(C)NC(=O)C2CCCC(N)C2)c(C)s1.